The number of hydrogen-bond acceptors (Lipinski definition) is 4. The van der Waals surface area contributed by atoms with Crippen molar-refractivity contribution in [1.29, 1.82) is 0 Å². The van der Waals surface area contributed by atoms with Crippen LogP contribution in [0, 0.1) is 5.92 Å². The molecule has 0 spiro atoms. The molecule has 4 nitrogen and oxygen atoms in total. The van der Waals surface area contributed by atoms with Gasteiger partial charge < -0.3 is 9.84 Å². The molecule has 1 fully saturated rings. The number of aliphatic hydroxyl groups excluding tert-OH is 1. The molecule has 3 atom stereocenters. The summed E-state index contributed by atoms with van der Waals surface area (Å²) in [5.41, 5.74) is 1.05. The van der Waals surface area contributed by atoms with E-state index in [1.54, 1.807) is 14.0 Å². The summed E-state index contributed by atoms with van der Waals surface area (Å²) >= 11 is 0. The van der Waals surface area contributed by atoms with E-state index in [2.05, 4.69) is 0 Å². The van der Waals surface area contributed by atoms with Crippen LogP contribution in [0.25, 0.3) is 0 Å². The lowest BCUT2D eigenvalue weighted by Gasteiger charge is -2.40. The van der Waals surface area contributed by atoms with Crippen LogP contribution in [0.4, 0.5) is 0 Å². The predicted molar refractivity (Wildman–Crippen MR) is 62.0 cm³/mol. The van der Waals surface area contributed by atoms with Gasteiger partial charge in [-0.2, -0.15) is 0 Å². The summed E-state index contributed by atoms with van der Waals surface area (Å²) in [6.07, 6.45) is 0.516. The molecule has 0 bridgehead atoms. The van der Waals surface area contributed by atoms with Gasteiger partial charge in [0.25, 0.3) is 0 Å². The average molecular weight is 238 g/mol. The van der Waals surface area contributed by atoms with Crippen molar-refractivity contribution in [3.8, 4) is 0 Å². The van der Waals surface area contributed by atoms with Gasteiger partial charge in [-0.05, 0) is 18.9 Å². The second-order valence-corrected chi connectivity index (χ2v) is 4.41. The first-order valence-electron chi connectivity index (χ1n) is 5.75. The van der Waals surface area contributed by atoms with Gasteiger partial charge in [0.2, 0.25) is 5.79 Å². The maximum atomic E-state index is 9.41. The molecule has 1 N–H and O–H groups in total. The van der Waals surface area contributed by atoms with Crippen molar-refractivity contribution in [2.24, 2.45) is 5.92 Å². The van der Waals surface area contributed by atoms with Gasteiger partial charge in [0.15, 0.2) is 0 Å². The smallest absolute Gasteiger partial charge is 0.203 e. The fourth-order valence-electron chi connectivity index (χ4n) is 2.03. The van der Waals surface area contributed by atoms with Gasteiger partial charge in [0, 0.05) is 13.0 Å². The molecule has 2 rings (SSSR count). The van der Waals surface area contributed by atoms with Crippen molar-refractivity contribution in [2.45, 2.75) is 25.2 Å². The highest BCUT2D eigenvalue weighted by atomic mass is 17.2. The zero-order valence-electron chi connectivity index (χ0n) is 10.1. The van der Waals surface area contributed by atoms with Gasteiger partial charge >= 0.3 is 0 Å². The minimum atomic E-state index is -0.875. The van der Waals surface area contributed by atoms with E-state index in [1.165, 1.54) is 0 Å². The van der Waals surface area contributed by atoms with E-state index in [9.17, 15) is 5.11 Å². The van der Waals surface area contributed by atoms with Gasteiger partial charge in [0.05, 0.1) is 6.61 Å². The fourth-order valence-corrected chi connectivity index (χ4v) is 2.03. The molecule has 1 aromatic carbocycles. The van der Waals surface area contributed by atoms with E-state index >= 15 is 0 Å². The zero-order chi connectivity index (χ0) is 12.3. The molecule has 1 heterocycles. The number of ether oxygens (including phenoxy) is 1. The minimum Gasteiger partial charge on any atom is -0.396 e. The third-order valence-electron chi connectivity index (χ3n) is 3.37. The second-order valence-electron chi connectivity index (χ2n) is 4.41. The van der Waals surface area contributed by atoms with Crippen molar-refractivity contribution in [3.63, 3.8) is 0 Å². The summed E-state index contributed by atoms with van der Waals surface area (Å²) in [4.78, 5) is 10.7. The lowest BCUT2D eigenvalue weighted by atomic mass is 9.90. The number of hydrogen-bond donors (Lipinski definition) is 1. The summed E-state index contributed by atoms with van der Waals surface area (Å²) in [6.45, 7) is 1.78. The normalized spacial score (nSPS) is 33.6. The molecule has 0 radical (unpaired) electrons. The van der Waals surface area contributed by atoms with Crippen LogP contribution < -0.4 is 0 Å². The van der Waals surface area contributed by atoms with Crippen LogP contribution in [0.1, 0.15) is 25.0 Å². The number of aliphatic hydroxyl groups is 1. The first kappa shape index (κ1) is 12.5. The van der Waals surface area contributed by atoms with E-state index in [0.717, 1.165) is 5.56 Å². The van der Waals surface area contributed by atoms with Crippen molar-refractivity contribution in [1.82, 2.24) is 0 Å². The highest BCUT2D eigenvalue weighted by molar-refractivity contribution is 5.17. The van der Waals surface area contributed by atoms with Crippen molar-refractivity contribution < 1.29 is 19.6 Å². The van der Waals surface area contributed by atoms with Crippen LogP contribution in [0.15, 0.2) is 30.3 Å². The summed E-state index contributed by atoms with van der Waals surface area (Å²) < 4.78 is 5.26. The Morgan fingerprint density at radius 1 is 1.41 bits per heavy atom. The molecular weight excluding hydrogens is 220 g/mol. The first-order valence-corrected chi connectivity index (χ1v) is 5.75. The second kappa shape index (κ2) is 5.14. The quantitative estimate of drug-likeness (QED) is 0.819. The summed E-state index contributed by atoms with van der Waals surface area (Å²) in [5, 5.41) is 9.41. The first-order chi connectivity index (χ1) is 8.19. The largest absolute Gasteiger partial charge is 0.396 e. The van der Waals surface area contributed by atoms with Crippen LogP contribution in [-0.4, -0.2) is 24.6 Å². The standard InChI is InChI=1S/C13H18O4/c1-13(15-2)11(9-14)8-12(16-17-13)10-6-4-3-5-7-10/h3-7,11-12,14H,8-9H2,1-2H3. The van der Waals surface area contributed by atoms with Crippen LogP contribution in [-0.2, 0) is 14.5 Å². The molecule has 0 aromatic heterocycles. The van der Waals surface area contributed by atoms with Gasteiger partial charge in [-0.3, -0.25) is 0 Å². The van der Waals surface area contributed by atoms with Crippen LogP contribution in [0.3, 0.4) is 0 Å². The molecule has 0 aliphatic carbocycles. The molecule has 3 unspecified atom stereocenters. The topological polar surface area (TPSA) is 47.9 Å². The Morgan fingerprint density at radius 2 is 2.12 bits per heavy atom. The van der Waals surface area contributed by atoms with Gasteiger partial charge in [-0.1, -0.05) is 30.3 Å². The SMILES string of the molecule is COC1(C)OOC(c2ccccc2)CC1CO. The molecular formula is C13H18O4. The highest BCUT2D eigenvalue weighted by Gasteiger charge is 2.43. The molecule has 17 heavy (non-hydrogen) atoms. The Balaban J connectivity index is 2.12. The highest BCUT2D eigenvalue weighted by Crippen LogP contribution is 2.39. The molecule has 94 valence electrons. The van der Waals surface area contributed by atoms with Crippen molar-refractivity contribution >= 4 is 0 Å². The monoisotopic (exact) mass is 238 g/mol. The molecule has 1 aliphatic rings. The summed E-state index contributed by atoms with van der Waals surface area (Å²) in [7, 11) is 1.55. The van der Waals surface area contributed by atoms with Crippen molar-refractivity contribution in [2.75, 3.05) is 13.7 Å². The van der Waals surface area contributed by atoms with E-state index < -0.39 is 5.79 Å². The lowest BCUT2D eigenvalue weighted by molar-refractivity contribution is -0.479. The van der Waals surface area contributed by atoms with Gasteiger partial charge in [0.1, 0.15) is 6.10 Å². The van der Waals surface area contributed by atoms with E-state index in [-0.39, 0.29) is 18.6 Å². The minimum absolute atomic E-state index is 0.0109. The summed E-state index contributed by atoms with van der Waals surface area (Å²) in [5.74, 6) is -0.980. The molecule has 0 saturated carbocycles. The van der Waals surface area contributed by atoms with Crippen LogP contribution >= 0.6 is 0 Å². The molecule has 1 aromatic rings. The molecule has 1 aliphatic heterocycles. The number of methoxy groups -OCH3 is 1. The summed E-state index contributed by atoms with van der Waals surface area (Å²) in [6, 6.07) is 9.83. The maximum Gasteiger partial charge on any atom is 0.203 e. The Hall–Kier alpha value is -0.940. The number of rotatable bonds is 3. The van der Waals surface area contributed by atoms with E-state index in [0.29, 0.717) is 6.42 Å². The Bertz CT molecular complexity index is 354. The lowest BCUT2D eigenvalue weighted by Crippen LogP contribution is -2.46. The molecule has 4 heteroatoms. The van der Waals surface area contributed by atoms with Crippen LogP contribution in [0.2, 0.25) is 0 Å². The predicted octanol–water partition coefficient (Wildman–Crippen LogP) is 2.05. The average Bonchev–Trinajstić information content (AvgIpc) is 2.40. The Kier molecular flexibility index (Phi) is 3.79. The van der Waals surface area contributed by atoms with Crippen LogP contribution in [0.5, 0.6) is 0 Å². The molecule has 1 saturated heterocycles. The third kappa shape index (κ3) is 2.50. The van der Waals surface area contributed by atoms with Crippen molar-refractivity contribution in [3.05, 3.63) is 35.9 Å². The Morgan fingerprint density at radius 3 is 2.71 bits per heavy atom. The van der Waals surface area contributed by atoms with E-state index in [4.69, 9.17) is 14.5 Å². The van der Waals surface area contributed by atoms with E-state index in [1.807, 2.05) is 30.3 Å². The molecule has 0 amide bonds. The zero-order valence-corrected chi connectivity index (χ0v) is 10.1. The number of benzene rings is 1. The van der Waals surface area contributed by atoms with Gasteiger partial charge in [-0.25, -0.2) is 9.78 Å². The Labute approximate surface area is 101 Å². The third-order valence-corrected chi connectivity index (χ3v) is 3.37. The van der Waals surface area contributed by atoms with Gasteiger partial charge in [-0.15, -0.1) is 0 Å². The maximum absolute atomic E-state index is 9.41. The fraction of sp³-hybridized carbons (Fsp3) is 0.538.